The number of nitrogens with two attached hydrogens (primary N) is 1. The van der Waals surface area contributed by atoms with Crippen LogP contribution in [0.25, 0.3) is 0 Å². The Bertz CT molecular complexity index is 732. The molecule has 1 amide bonds. The van der Waals surface area contributed by atoms with Crippen LogP contribution in [0.3, 0.4) is 0 Å². The van der Waals surface area contributed by atoms with Gasteiger partial charge in [-0.15, -0.1) is 10.2 Å². The van der Waals surface area contributed by atoms with Gasteiger partial charge in [0.05, 0.1) is 19.5 Å². The van der Waals surface area contributed by atoms with Crippen molar-refractivity contribution in [2.45, 2.75) is 18.6 Å². The molecular formula is C15H19N5O4S. The summed E-state index contributed by atoms with van der Waals surface area (Å²) in [5, 5.41) is 10.7. The van der Waals surface area contributed by atoms with Crippen LogP contribution < -0.4 is 15.8 Å². The number of rotatable bonds is 8. The second-order valence-corrected chi connectivity index (χ2v) is 5.74. The highest BCUT2D eigenvalue weighted by atomic mass is 32.2. The van der Waals surface area contributed by atoms with E-state index < -0.39 is 5.97 Å². The zero-order valence-electron chi connectivity index (χ0n) is 13.9. The molecule has 0 saturated carbocycles. The van der Waals surface area contributed by atoms with E-state index in [4.69, 9.17) is 10.5 Å². The topological polar surface area (TPSA) is 121 Å². The molecule has 0 atom stereocenters. The summed E-state index contributed by atoms with van der Waals surface area (Å²) in [7, 11) is 1.30. The van der Waals surface area contributed by atoms with Crippen molar-refractivity contribution in [2.75, 3.05) is 30.5 Å². The molecule has 9 nitrogen and oxygen atoms in total. The lowest BCUT2D eigenvalue weighted by atomic mass is 10.3. The highest BCUT2D eigenvalue weighted by Crippen LogP contribution is 2.19. The Morgan fingerprint density at radius 2 is 2.00 bits per heavy atom. The summed E-state index contributed by atoms with van der Waals surface area (Å²) in [6.45, 7) is 2.40. The lowest BCUT2D eigenvalue weighted by molar-refractivity contribution is -0.137. The molecule has 0 aliphatic heterocycles. The van der Waals surface area contributed by atoms with Crippen LogP contribution in [0.2, 0.25) is 0 Å². The number of carbonyl (C=O) groups excluding carboxylic acids is 2. The van der Waals surface area contributed by atoms with Crippen molar-refractivity contribution in [3.63, 3.8) is 0 Å². The van der Waals surface area contributed by atoms with Gasteiger partial charge in [-0.25, -0.2) is 0 Å². The number of nitrogens with zero attached hydrogens (tertiary/aromatic N) is 3. The van der Waals surface area contributed by atoms with Gasteiger partial charge in [-0.05, 0) is 31.2 Å². The van der Waals surface area contributed by atoms with Crippen molar-refractivity contribution in [3.8, 4) is 5.75 Å². The van der Waals surface area contributed by atoms with Gasteiger partial charge >= 0.3 is 5.97 Å². The average molecular weight is 365 g/mol. The van der Waals surface area contributed by atoms with Gasteiger partial charge in [0.15, 0.2) is 5.16 Å². The van der Waals surface area contributed by atoms with E-state index in [1.54, 1.807) is 24.3 Å². The lowest BCUT2D eigenvalue weighted by Crippen LogP contribution is -2.20. The standard InChI is InChI=1S/C15H19N5O4S/c1-3-24-11-6-4-10(5-7-11)17-12(21)8-20-14(16)18-19-15(20)25-9-13(22)23-2/h4-7H,3,8-9H2,1-2H3,(H2,16,18)(H,17,21). The van der Waals surface area contributed by atoms with Crippen LogP contribution in [0.15, 0.2) is 29.4 Å². The number of hydrogen-bond donors (Lipinski definition) is 2. The second-order valence-electron chi connectivity index (χ2n) is 4.80. The second kappa shape index (κ2) is 8.92. The molecule has 0 aliphatic rings. The Balaban J connectivity index is 1.97. The zero-order valence-corrected chi connectivity index (χ0v) is 14.7. The van der Waals surface area contributed by atoms with Crippen LogP contribution in [-0.4, -0.2) is 46.1 Å². The van der Waals surface area contributed by atoms with E-state index in [-0.39, 0.29) is 24.2 Å². The molecule has 2 aromatic rings. The molecule has 1 heterocycles. The van der Waals surface area contributed by atoms with E-state index in [1.165, 1.54) is 11.7 Å². The molecule has 0 spiro atoms. The predicted octanol–water partition coefficient (Wildman–Crippen LogP) is 1.16. The SMILES string of the molecule is CCOc1ccc(NC(=O)Cn2c(N)nnc2SCC(=O)OC)cc1. The third kappa shape index (κ3) is 5.38. The van der Waals surface area contributed by atoms with Crippen LogP contribution in [0.5, 0.6) is 5.75 Å². The number of ether oxygens (including phenoxy) is 2. The van der Waals surface area contributed by atoms with Gasteiger partial charge in [-0.3, -0.25) is 14.2 Å². The maximum atomic E-state index is 12.2. The summed E-state index contributed by atoms with van der Waals surface area (Å²) in [6.07, 6.45) is 0. The minimum atomic E-state index is -0.406. The van der Waals surface area contributed by atoms with E-state index in [2.05, 4.69) is 20.3 Å². The molecule has 2 rings (SSSR count). The van der Waals surface area contributed by atoms with Gasteiger partial charge in [-0.1, -0.05) is 11.8 Å². The number of carbonyl (C=O) groups is 2. The van der Waals surface area contributed by atoms with Gasteiger partial charge in [-0.2, -0.15) is 0 Å². The number of anilines is 2. The van der Waals surface area contributed by atoms with Crippen LogP contribution >= 0.6 is 11.8 Å². The molecule has 25 heavy (non-hydrogen) atoms. The van der Waals surface area contributed by atoms with E-state index in [9.17, 15) is 9.59 Å². The molecular weight excluding hydrogens is 346 g/mol. The molecule has 10 heteroatoms. The maximum absolute atomic E-state index is 12.2. The Labute approximate surface area is 148 Å². The first kappa shape index (κ1) is 18.6. The van der Waals surface area contributed by atoms with Crippen molar-refractivity contribution in [1.82, 2.24) is 14.8 Å². The zero-order chi connectivity index (χ0) is 18.2. The fraction of sp³-hybridized carbons (Fsp3) is 0.333. The van der Waals surface area contributed by atoms with E-state index >= 15 is 0 Å². The predicted molar refractivity (Wildman–Crippen MR) is 93.4 cm³/mol. The van der Waals surface area contributed by atoms with Gasteiger partial charge in [0.2, 0.25) is 11.9 Å². The number of hydrogen-bond acceptors (Lipinski definition) is 8. The fourth-order valence-corrected chi connectivity index (χ4v) is 2.66. The van der Waals surface area contributed by atoms with Gasteiger partial charge < -0.3 is 20.5 Å². The van der Waals surface area contributed by atoms with Crippen molar-refractivity contribution in [3.05, 3.63) is 24.3 Å². The largest absolute Gasteiger partial charge is 0.494 e. The van der Waals surface area contributed by atoms with Gasteiger partial charge in [0.1, 0.15) is 12.3 Å². The third-order valence-corrected chi connectivity index (χ3v) is 3.98. The minimum absolute atomic E-state index is 0.0507. The number of nitrogens with one attached hydrogen (secondary N) is 1. The molecule has 3 N–H and O–H groups in total. The first-order valence-corrected chi connectivity index (χ1v) is 8.43. The van der Waals surface area contributed by atoms with Crippen molar-refractivity contribution >= 4 is 35.3 Å². The number of benzene rings is 1. The Morgan fingerprint density at radius 1 is 1.28 bits per heavy atom. The molecule has 0 unspecified atom stereocenters. The lowest BCUT2D eigenvalue weighted by Gasteiger charge is -2.09. The first-order valence-electron chi connectivity index (χ1n) is 7.44. The summed E-state index contributed by atoms with van der Waals surface area (Å²) >= 11 is 1.09. The number of thioether (sulfide) groups is 1. The molecule has 1 aromatic heterocycles. The molecule has 0 bridgehead atoms. The van der Waals surface area contributed by atoms with Crippen LogP contribution in [0.4, 0.5) is 11.6 Å². The number of esters is 1. The van der Waals surface area contributed by atoms with Crippen LogP contribution in [0, 0.1) is 0 Å². The summed E-state index contributed by atoms with van der Waals surface area (Å²) in [5.74, 6) is 0.168. The van der Waals surface area contributed by atoms with Crippen LogP contribution in [0.1, 0.15) is 6.92 Å². The summed E-state index contributed by atoms with van der Waals surface area (Å²) in [4.78, 5) is 23.4. The number of amides is 1. The maximum Gasteiger partial charge on any atom is 0.316 e. The Morgan fingerprint density at radius 3 is 2.64 bits per heavy atom. The minimum Gasteiger partial charge on any atom is -0.494 e. The monoisotopic (exact) mass is 365 g/mol. The quantitative estimate of drug-likeness (QED) is 0.528. The van der Waals surface area contributed by atoms with Crippen molar-refractivity contribution in [2.24, 2.45) is 0 Å². The normalized spacial score (nSPS) is 10.3. The highest BCUT2D eigenvalue weighted by molar-refractivity contribution is 7.99. The smallest absolute Gasteiger partial charge is 0.316 e. The third-order valence-electron chi connectivity index (χ3n) is 3.04. The van der Waals surface area contributed by atoms with E-state index in [0.717, 1.165) is 17.5 Å². The number of aromatic nitrogens is 3. The summed E-state index contributed by atoms with van der Waals surface area (Å²) in [5.41, 5.74) is 6.37. The Kier molecular flexibility index (Phi) is 6.63. The molecule has 0 radical (unpaired) electrons. The van der Waals surface area contributed by atoms with Crippen molar-refractivity contribution < 1.29 is 19.1 Å². The van der Waals surface area contributed by atoms with Crippen molar-refractivity contribution in [1.29, 1.82) is 0 Å². The van der Waals surface area contributed by atoms with E-state index in [0.29, 0.717) is 17.5 Å². The highest BCUT2D eigenvalue weighted by Gasteiger charge is 2.15. The molecule has 0 fully saturated rings. The van der Waals surface area contributed by atoms with E-state index in [1.807, 2.05) is 6.92 Å². The number of nitrogen functional groups attached to an aromatic ring is 1. The molecule has 0 saturated heterocycles. The first-order chi connectivity index (χ1) is 12.0. The summed E-state index contributed by atoms with van der Waals surface area (Å²) in [6, 6.07) is 7.02. The van der Waals surface area contributed by atoms with Gasteiger partial charge in [0.25, 0.3) is 0 Å². The van der Waals surface area contributed by atoms with Crippen LogP contribution in [-0.2, 0) is 20.9 Å². The molecule has 1 aromatic carbocycles. The molecule has 134 valence electrons. The summed E-state index contributed by atoms with van der Waals surface area (Å²) < 4.78 is 11.3. The fourth-order valence-electron chi connectivity index (χ4n) is 1.88. The van der Waals surface area contributed by atoms with Gasteiger partial charge in [0, 0.05) is 5.69 Å². The average Bonchev–Trinajstić information content (AvgIpc) is 2.94. The molecule has 0 aliphatic carbocycles. The number of methoxy groups -OCH3 is 1. The Hall–Kier alpha value is -2.75.